The maximum Gasteiger partial charge on any atom is 0.240 e. The van der Waals surface area contributed by atoms with Gasteiger partial charge in [0.05, 0.1) is 22.1 Å². The Bertz CT molecular complexity index is 913. The molecule has 0 bridgehead atoms. The molecule has 1 aliphatic carbocycles. The molecule has 0 saturated heterocycles. The van der Waals surface area contributed by atoms with E-state index in [1.165, 1.54) is 18.2 Å². The molecule has 2 rings (SSSR count). The van der Waals surface area contributed by atoms with E-state index >= 15 is 0 Å². The Morgan fingerprint density at radius 2 is 1.83 bits per heavy atom. The molecular weight excluding hydrogens is 350 g/mol. The van der Waals surface area contributed by atoms with Crippen LogP contribution in [-0.4, -0.2) is 19.9 Å². The van der Waals surface area contributed by atoms with E-state index in [-0.39, 0.29) is 33.0 Å². The predicted octanol–water partition coefficient (Wildman–Crippen LogP) is 2.75. The smallest absolute Gasteiger partial charge is 0.240 e. The number of allylic oxidation sites excluding steroid dienone is 4. The number of rotatable bonds is 3. The standard InChI is InChI=1S/C16H18ClN3O3S/c1-8(2)10-5-13(9(3)4-15(10)21)20-14-7-16(24(19,22)23)12(18)6-11(14)17/h4-8H,18H2,1-3H3,(H2,19,22,23). The number of carbonyl (C=O) groups excluding carboxylic acids is 1. The Balaban J connectivity index is 2.63. The van der Waals surface area contributed by atoms with E-state index in [0.29, 0.717) is 16.9 Å². The molecule has 0 atom stereocenters. The molecule has 0 spiro atoms. The highest BCUT2D eigenvalue weighted by Crippen LogP contribution is 2.33. The number of nitrogens with two attached hydrogens (primary N) is 2. The average Bonchev–Trinajstić information content (AvgIpc) is 2.42. The Labute approximate surface area is 145 Å². The third-order valence-corrected chi connectivity index (χ3v) is 4.85. The molecule has 24 heavy (non-hydrogen) atoms. The molecule has 6 nitrogen and oxygen atoms in total. The summed E-state index contributed by atoms with van der Waals surface area (Å²) in [5.41, 5.74) is 7.64. The van der Waals surface area contributed by atoms with Gasteiger partial charge in [0.2, 0.25) is 10.0 Å². The maximum absolute atomic E-state index is 12.0. The summed E-state index contributed by atoms with van der Waals surface area (Å²) in [4.78, 5) is 16.2. The summed E-state index contributed by atoms with van der Waals surface area (Å²) in [6, 6.07) is 2.52. The highest BCUT2D eigenvalue weighted by atomic mass is 35.5. The van der Waals surface area contributed by atoms with E-state index in [0.717, 1.165) is 0 Å². The topological polar surface area (TPSA) is 116 Å². The van der Waals surface area contributed by atoms with Gasteiger partial charge in [0.1, 0.15) is 4.90 Å². The number of hydrogen-bond acceptors (Lipinski definition) is 5. The molecule has 4 N–H and O–H groups in total. The summed E-state index contributed by atoms with van der Waals surface area (Å²) in [5.74, 6) is -0.0241. The van der Waals surface area contributed by atoms with E-state index in [2.05, 4.69) is 4.99 Å². The molecule has 1 aromatic carbocycles. The summed E-state index contributed by atoms with van der Waals surface area (Å²) in [5, 5.41) is 5.34. The van der Waals surface area contributed by atoms with Crippen molar-refractivity contribution in [2.45, 2.75) is 25.7 Å². The minimum atomic E-state index is -4.00. The molecule has 1 aromatic rings. The van der Waals surface area contributed by atoms with Crippen molar-refractivity contribution in [3.05, 3.63) is 40.5 Å². The Hall–Kier alpha value is -1.96. The fourth-order valence-corrected chi connectivity index (χ4v) is 3.16. The van der Waals surface area contributed by atoms with Crippen LogP contribution in [-0.2, 0) is 14.8 Å². The van der Waals surface area contributed by atoms with Gasteiger partial charge < -0.3 is 5.73 Å². The molecule has 0 aliphatic heterocycles. The van der Waals surface area contributed by atoms with Gasteiger partial charge in [0.15, 0.2) is 5.78 Å². The van der Waals surface area contributed by atoms with E-state index in [4.69, 9.17) is 22.5 Å². The Morgan fingerprint density at radius 3 is 2.38 bits per heavy atom. The van der Waals surface area contributed by atoms with Gasteiger partial charge in [-0.15, -0.1) is 0 Å². The number of hydrogen-bond donors (Lipinski definition) is 2. The van der Waals surface area contributed by atoms with Crippen LogP contribution in [0.4, 0.5) is 11.4 Å². The molecule has 0 unspecified atom stereocenters. The zero-order chi connectivity index (χ0) is 18.2. The van der Waals surface area contributed by atoms with Crippen LogP contribution in [0.25, 0.3) is 0 Å². The first kappa shape index (κ1) is 18.4. The number of nitrogen functional groups attached to an aromatic ring is 1. The van der Waals surface area contributed by atoms with Crippen molar-refractivity contribution in [2.75, 3.05) is 5.73 Å². The van der Waals surface area contributed by atoms with Gasteiger partial charge in [-0.25, -0.2) is 18.5 Å². The number of aliphatic imine (C=N–C) groups is 1. The van der Waals surface area contributed by atoms with E-state index in [9.17, 15) is 13.2 Å². The minimum absolute atomic E-state index is 0.0360. The minimum Gasteiger partial charge on any atom is -0.398 e. The molecule has 0 radical (unpaired) electrons. The van der Waals surface area contributed by atoms with Crippen molar-refractivity contribution in [1.29, 1.82) is 0 Å². The summed E-state index contributed by atoms with van der Waals surface area (Å²) in [6.07, 6.45) is 3.19. The summed E-state index contributed by atoms with van der Waals surface area (Å²) >= 11 is 6.12. The Kier molecular flexibility index (Phi) is 4.98. The number of halogens is 1. The molecule has 0 saturated carbocycles. The zero-order valence-electron chi connectivity index (χ0n) is 13.5. The fourth-order valence-electron chi connectivity index (χ4n) is 2.28. The van der Waals surface area contributed by atoms with Gasteiger partial charge in [0.25, 0.3) is 0 Å². The van der Waals surface area contributed by atoms with Crippen molar-refractivity contribution in [3.8, 4) is 0 Å². The van der Waals surface area contributed by atoms with Crippen molar-refractivity contribution in [2.24, 2.45) is 16.0 Å². The van der Waals surface area contributed by atoms with Crippen LogP contribution in [0.1, 0.15) is 20.8 Å². The van der Waals surface area contributed by atoms with Crippen LogP contribution in [0.3, 0.4) is 0 Å². The highest BCUT2D eigenvalue weighted by Gasteiger charge is 2.20. The molecular formula is C16H18ClN3O3S. The van der Waals surface area contributed by atoms with Crippen molar-refractivity contribution in [3.63, 3.8) is 0 Å². The molecule has 1 aliphatic rings. The third kappa shape index (κ3) is 3.75. The fraction of sp³-hybridized carbons (Fsp3) is 0.250. The number of sulfonamides is 1. The molecule has 0 heterocycles. The first-order valence-corrected chi connectivity index (χ1v) is 9.08. The number of primary sulfonamides is 1. The first-order valence-electron chi connectivity index (χ1n) is 7.15. The molecule has 8 heteroatoms. The quantitative estimate of drug-likeness (QED) is 0.631. The predicted molar refractivity (Wildman–Crippen MR) is 96.0 cm³/mol. The van der Waals surface area contributed by atoms with Crippen LogP contribution >= 0.6 is 11.6 Å². The molecule has 0 fully saturated rings. The van der Waals surface area contributed by atoms with Gasteiger partial charge in [-0.3, -0.25) is 4.79 Å². The summed E-state index contributed by atoms with van der Waals surface area (Å²) < 4.78 is 23.2. The van der Waals surface area contributed by atoms with Crippen LogP contribution in [0.15, 0.2) is 45.3 Å². The van der Waals surface area contributed by atoms with Crippen LogP contribution in [0.5, 0.6) is 0 Å². The summed E-state index contributed by atoms with van der Waals surface area (Å²) in [6.45, 7) is 5.56. The van der Waals surface area contributed by atoms with Crippen LogP contribution < -0.4 is 10.9 Å². The number of benzene rings is 1. The van der Waals surface area contributed by atoms with E-state index < -0.39 is 10.0 Å². The molecule has 0 aromatic heterocycles. The largest absolute Gasteiger partial charge is 0.398 e. The molecule has 0 amide bonds. The maximum atomic E-state index is 12.0. The second kappa shape index (κ2) is 6.51. The van der Waals surface area contributed by atoms with E-state index in [1.54, 1.807) is 13.0 Å². The second-order valence-corrected chi connectivity index (χ2v) is 7.77. The zero-order valence-corrected chi connectivity index (χ0v) is 15.1. The van der Waals surface area contributed by atoms with Gasteiger partial charge in [-0.1, -0.05) is 25.4 Å². The highest BCUT2D eigenvalue weighted by molar-refractivity contribution is 7.89. The van der Waals surface area contributed by atoms with Crippen molar-refractivity contribution in [1.82, 2.24) is 0 Å². The lowest BCUT2D eigenvalue weighted by Gasteiger charge is -2.15. The van der Waals surface area contributed by atoms with Crippen LogP contribution in [0, 0.1) is 5.92 Å². The number of carbonyl (C=O) groups is 1. The van der Waals surface area contributed by atoms with Crippen LogP contribution in [0.2, 0.25) is 5.02 Å². The van der Waals surface area contributed by atoms with E-state index in [1.807, 2.05) is 13.8 Å². The molecule has 128 valence electrons. The second-order valence-electron chi connectivity index (χ2n) is 5.83. The average molecular weight is 368 g/mol. The lowest BCUT2D eigenvalue weighted by atomic mass is 9.90. The monoisotopic (exact) mass is 367 g/mol. The van der Waals surface area contributed by atoms with Gasteiger partial charge in [-0.2, -0.15) is 0 Å². The number of anilines is 1. The third-order valence-electron chi connectivity index (χ3n) is 3.58. The Morgan fingerprint density at radius 1 is 1.21 bits per heavy atom. The lowest BCUT2D eigenvalue weighted by molar-refractivity contribution is -0.111. The normalized spacial score (nSPS) is 17.2. The van der Waals surface area contributed by atoms with Gasteiger partial charge in [0, 0.05) is 5.57 Å². The van der Waals surface area contributed by atoms with Gasteiger partial charge in [-0.05, 0) is 42.7 Å². The van der Waals surface area contributed by atoms with Gasteiger partial charge >= 0.3 is 0 Å². The SMILES string of the molecule is CC1=CC(=O)C(C(C)C)=CC1=Nc1cc(S(N)(=O)=O)c(N)cc1Cl. The number of nitrogens with zero attached hydrogens (tertiary/aromatic N) is 1. The van der Waals surface area contributed by atoms with Crippen molar-refractivity contribution >= 4 is 44.5 Å². The number of ketones is 1. The lowest BCUT2D eigenvalue weighted by Crippen LogP contribution is -2.16. The van der Waals surface area contributed by atoms with Crippen molar-refractivity contribution < 1.29 is 13.2 Å². The summed E-state index contributed by atoms with van der Waals surface area (Å²) in [7, 11) is -4.00. The first-order chi connectivity index (χ1) is 11.0.